The SMILES string of the molecule is Cc1cccc(-c2cc(OC(=O)NC3CCCCC3)ccc2O)c1. The Morgan fingerprint density at radius 2 is 1.92 bits per heavy atom. The zero-order valence-corrected chi connectivity index (χ0v) is 13.9. The number of carbonyl (C=O) groups is 1. The molecule has 0 bridgehead atoms. The molecule has 0 heterocycles. The number of carbonyl (C=O) groups excluding carboxylic acids is 1. The molecule has 1 aliphatic carbocycles. The van der Waals surface area contributed by atoms with Gasteiger partial charge in [-0.1, -0.05) is 49.1 Å². The Hall–Kier alpha value is -2.49. The normalized spacial score (nSPS) is 15.0. The number of hydrogen-bond acceptors (Lipinski definition) is 3. The van der Waals surface area contributed by atoms with Crippen molar-refractivity contribution in [1.29, 1.82) is 0 Å². The topological polar surface area (TPSA) is 58.6 Å². The first kappa shape index (κ1) is 16.4. The number of amides is 1. The van der Waals surface area contributed by atoms with Gasteiger partial charge in [-0.2, -0.15) is 0 Å². The molecule has 0 atom stereocenters. The van der Waals surface area contributed by atoms with E-state index in [1.54, 1.807) is 18.2 Å². The molecule has 4 heteroatoms. The average Bonchev–Trinajstić information content (AvgIpc) is 2.57. The van der Waals surface area contributed by atoms with Crippen LogP contribution in [0.3, 0.4) is 0 Å². The minimum Gasteiger partial charge on any atom is -0.507 e. The van der Waals surface area contributed by atoms with E-state index in [0.717, 1.165) is 36.8 Å². The average molecular weight is 325 g/mol. The van der Waals surface area contributed by atoms with E-state index in [1.807, 2.05) is 31.2 Å². The third-order valence-electron chi connectivity index (χ3n) is 4.43. The van der Waals surface area contributed by atoms with Crippen molar-refractivity contribution in [2.24, 2.45) is 0 Å². The third-order valence-corrected chi connectivity index (χ3v) is 4.43. The summed E-state index contributed by atoms with van der Waals surface area (Å²) < 4.78 is 5.40. The van der Waals surface area contributed by atoms with Crippen LogP contribution in [0.4, 0.5) is 4.79 Å². The summed E-state index contributed by atoms with van der Waals surface area (Å²) in [5.41, 5.74) is 2.65. The first-order valence-electron chi connectivity index (χ1n) is 8.50. The van der Waals surface area contributed by atoms with E-state index in [9.17, 15) is 9.90 Å². The van der Waals surface area contributed by atoms with Gasteiger partial charge in [0.05, 0.1) is 0 Å². The van der Waals surface area contributed by atoms with Crippen LogP contribution in [-0.4, -0.2) is 17.2 Å². The minimum atomic E-state index is -0.428. The van der Waals surface area contributed by atoms with Crippen molar-refractivity contribution in [1.82, 2.24) is 5.32 Å². The van der Waals surface area contributed by atoms with Crippen LogP contribution in [0.1, 0.15) is 37.7 Å². The molecule has 0 radical (unpaired) electrons. The van der Waals surface area contributed by atoms with Crippen molar-refractivity contribution in [2.45, 2.75) is 45.1 Å². The summed E-state index contributed by atoms with van der Waals surface area (Å²) in [6.07, 6.45) is 5.15. The van der Waals surface area contributed by atoms with Gasteiger partial charge >= 0.3 is 6.09 Å². The van der Waals surface area contributed by atoms with Gasteiger partial charge in [0, 0.05) is 11.6 Å². The highest BCUT2D eigenvalue weighted by atomic mass is 16.6. The molecule has 24 heavy (non-hydrogen) atoms. The molecule has 4 nitrogen and oxygen atoms in total. The van der Waals surface area contributed by atoms with Gasteiger partial charge in [-0.25, -0.2) is 4.79 Å². The molecule has 1 saturated carbocycles. The van der Waals surface area contributed by atoms with Crippen LogP contribution >= 0.6 is 0 Å². The van der Waals surface area contributed by atoms with Crippen molar-refractivity contribution >= 4 is 6.09 Å². The molecule has 2 aromatic carbocycles. The standard InChI is InChI=1S/C20H23NO3/c1-14-6-5-7-15(12-14)18-13-17(10-11-19(18)22)24-20(23)21-16-8-3-2-4-9-16/h5-7,10-13,16,22H,2-4,8-9H2,1H3,(H,21,23). The first-order valence-corrected chi connectivity index (χ1v) is 8.50. The van der Waals surface area contributed by atoms with E-state index >= 15 is 0 Å². The van der Waals surface area contributed by atoms with Gasteiger partial charge in [0.15, 0.2) is 0 Å². The molecular weight excluding hydrogens is 302 g/mol. The lowest BCUT2D eigenvalue weighted by Gasteiger charge is -2.22. The molecule has 126 valence electrons. The highest BCUT2D eigenvalue weighted by Crippen LogP contribution is 2.33. The Balaban J connectivity index is 1.72. The fourth-order valence-corrected chi connectivity index (χ4v) is 3.17. The predicted octanol–water partition coefficient (Wildman–Crippen LogP) is 4.79. The predicted molar refractivity (Wildman–Crippen MR) is 94.3 cm³/mol. The second-order valence-corrected chi connectivity index (χ2v) is 6.42. The minimum absolute atomic E-state index is 0.167. The zero-order valence-electron chi connectivity index (χ0n) is 13.9. The van der Waals surface area contributed by atoms with Crippen LogP contribution in [0.5, 0.6) is 11.5 Å². The Bertz CT molecular complexity index is 721. The number of hydrogen-bond donors (Lipinski definition) is 2. The van der Waals surface area contributed by atoms with E-state index in [0.29, 0.717) is 11.3 Å². The second kappa shape index (κ2) is 7.39. The van der Waals surface area contributed by atoms with Gasteiger partial charge in [0.2, 0.25) is 0 Å². The quantitative estimate of drug-likeness (QED) is 0.853. The molecule has 1 amide bonds. The molecule has 2 aromatic rings. The molecule has 1 fully saturated rings. The molecule has 0 spiro atoms. The van der Waals surface area contributed by atoms with Gasteiger partial charge in [-0.05, 0) is 43.5 Å². The number of benzene rings is 2. The lowest BCUT2D eigenvalue weighted by atomic mass is 9.96. The largest absolute Gasteiger partial charge is 0.507 e. The number of ether oxygens (including phenoxy) is 1. The van der Waals surface area contributed by atoms with Crippen LogP contribution < -0.4 is 10.1 Å². The van der Waals surface area contributed by atoms with Gasteiger partial charge in [0.1, 0.15) is 11.5 Å². The summed E-state index contributed by atoms with van der Waals surface area (Å²) in [7, 11) is 0. The number of phenols is 1. The van der Waals surface area contributed by atoms with Crippen LogP contribution in [0, 0.1) is 6.92 Å². The summed E-state index contributed by atoms with van der Waals surface area (Å²) in [6.45, 7) is 2.00. The Labute approximate surface area is 142 Å². The summed E-state index contributed by atoms with van der Waals surface area (Å²) in [5, 5.41) is 13.0. The maximum Gasteiger partial charge on any atom is 0.412 e. The van der Waals surface area contributed by atoms with Crippen molar-refractivity contribution in [3.8, 4) is 22.6 Å². The molecule has 2 N–H and O–H groups in total. The van der Waals surface area contributed by atoms with Crippen LogP contribution in [0.15, 0.2) is 42.5 Å². The Morgan fingerprint density at radius 3 is 2.67 bits per heavy atom. The molecule has 0 unspecified atom stereocenters. The van der Waals surface area contributed by atoms with E-state index in [2.05, 4.69) is 5.32 Å². The van der Waals surface area contributed by atoms with Gasteiger partial charge in [-0.3, -0.25) is 0 Å². The monoisotopic (exact) mass is 325 g/mol. The van der Waals surface area contributed by atoms with Crippen molar-refractivity contribution in [3.05, 3.63) is 48.0 Å². The van der Waals surface area contributed by atoms with E-state index in [4.69, 9.17) is 4.74 Å². The van der Waals surface area contributed by atoms with Gasteiger partial charge in [-0.15, -0.1) is 0 Å². The Kier molecular flexibility index (Phi) is 5.04. The number of phenolic OH excluding ortho intramolecular Hbond substituents is 1. The maximum atomic E-state index is 12.1. The number of nitrogens with one attached hydrogen (secondary N) is 1. The first-order chi connectivity index (χ1) is 11.6. The summed E-state index contributed by atoms with van der Waals surface area (Å²) >= 11 is 0. The molecule has 3 rings (SSSR count). The van der Waals surface area contributed by atoms with E-state index in [-0.39, 0.29) is 11.8 Å². The van der Waals surface area contributed by atoms with Gasteiger partial charge in [0.25, 0.3) is 0 Å². The highest BCUT2D eigenvalue weighted by molar-refractivity contribution is 5.75. The summed E-state index contributed by atoms with van der Waals surface area (Å²) in [6, 6.07) is 12.9. The lowest BCUT2D eigenvalue weighted by molar-refractivity contribution is 0.192. The third kappa shape index (κ3) is 4.07. The smallest absolute Gasteiger partial charge is 0.412 e. The van der Waals surface area contributed by atoms with Crippen molar-refractivity contribution < 1.29 is 14.6 Å². The number of aryl methyl sites for hydroxylation is 1. The maximum absolute atomic E-state index is 12.1. The second-order valence-electron chi connectivity index (χ2n) is 6.42. The number of rotatable bonds is 3. The molecule has 0 aliphatic heterocycles. The lowest BCUT2D eigenvalue weighted by Crippen LogP contribution is -2.37. The summed E-state index contributed by atoms with van der Waals surface area (Å²) in [4.78, 5) is 12.1. The number of aromatic hydroxyl groups is 1. The zero-order chi connectivity index (χ0) is 16.9. The molecule has 0 aromatic heterocycles. The molecule has 0 saturated heterocycles. The van der Waals surface area contributed by atoms with Crippen molar-refractivity contribution in [3.63, 3.8) is 0 Å². The van der Waals surface area contributed by atoms with E-state index in [1.165, 1.54) is 6.42 Å². The molecular formula is C20H23NO3. The fourth-order valence-electron chi connectivity index (χ4n) is 3.17. The van der Waals surface area contributed by atoms with Crippen LogP contribution in [0.2, 0.25) is 0 Å². The van der Waals surface area contributed by atoms with Gasteiger partial charge < -0.3 is 15.2 Å². The fraction of sp³-hybridized carbons (Fsp3) is 0.350. The molecule has 1 aliphatic rings. The van der Waals surface area contributed by atoms with Crippen LogP contribution in [0.25, 0.3) is 11.1 Å². The van der Waals surface area contributed by atoms with E-state index < -0.39 is 6.09 Å². The highest BCUT2D eigenvalue weighted by Gasteiger charge is 2.17. The summed E-state index contributed by atoms with van der Waals surface area (Å²) in [5.74, 6) is 0.596. The Morgan fingerprint density at radius 1 is 1.12 bits per heavy atom. The van der Waals surface area contributed by atoms with Crippen molar-refractivity contribution in [2.75, 3.05) is 0 Å². The van der Waals surface area contributed by atoms with Crippen LogP contribution in [-0.2, 0) is 0 Å².